The lowest BCUT2D eigenvalue weighted by Gasteiger charge is -2.08. The van der Waals surface area contributed by atoms with Crippen LogP contribution in [0.15, 0.2) is 41.5 Å². The van der Waals surface area contributed by atoms with Crippen LogP contribution in [0.25, 0.3) is 10.2 Å². The SMILES string of the molecule is CC(C)=NNc1nc2c(Cl)cc(NC(=O)c3ccccc3)c(Cl)c2s1. The second kappa shape index (κ2) is 7.39. The van der Waals surface area contributed by atoms with E-state index in [9.17, 15) is 4.79 Å². The van der Waals surface area contributed by atoms with Crippen LogP contribution in [0, 0.1) is 0 Å². The number of carbonyl (C=O) groups is 1. The van der Waals surface area contributed by atoms with Gasteiger partial charge in [-0.25, -0.2) is 4.98 Å². The highest BCUT2D eigenvalue weighted by molar-refractivity contribution is 7.23. The number of carbonyl (C=O) groups excluding carboxylic acids is 1. The van der Waals surface area contributed by atoms with E-state index in [2.05, 4.69) is 20.8 Å². The predicted molar refractivity (Wildman–Crippen MR) is 106 cm³/mol. The molecule has 2 aromatic carbocycles. The molecule has 8 heteroatoms. The molecular weight excluding hydrogens is 379 g/mol. The lowest BCUT2D eigenvalue weighted by Crippen LogP contribution is -2.12. The number of benzene rings is 2. The van der Waals surface area contributed by atoms with E-state index in [1.807, 2.05) is 19.9 Å². The quantitative estimate of drug-likeness (QED) is 0.444. The first-order chi connectivity index (χ1) is 12.0. The zero-order chi connectivity index (χ0) is 18.0. The third-order valence-corrected chi connectivity index (χ3v) is 4.99. The largest absolute Gasteiger partial charge is 0.321 e. The molecule has 0 unspecified atom stereocenters. The van der Waals surface area contributed by atoms with Gasteiger partial charge in [0, 0.05) is 11.3 Å². The van der Waals surface area contributed by atoms with E-state index >= 15 is 0 Å². The first-order valence-electron chi connectivity index (χ1n) is 7.37. The summed E-state index contributed by atoms with van der Waals surface area (Å²) in [5, 5.41) is 8.29. The van der Waals surface area contributed by atoms with Gasteiger partial charge < -0.3 is 5.32 Å². The fourth-order valence-corrected chi connectivity index (χ4v) is 3.58. The minimum Gasteiger partial charge on any atom is -0.321 e. The van der Waals surface area contributed by atoms with Crippen molar-refractivity contribution in [3.05, 3.63) is 52.0 Å². The average Bonchev–Trinajstić information content (AvgIpc) is 3.03. The average molecular weight is 393 g/mol. The highest BCUT2D eigenvalue weighted by Gasteiger charge is 2.17. The standard InChI is InChI=1S/C17H14Cl2N4OS/c1-9(2)22-23-17-21-14-11(18)8-12(13(19)15(14)25-17)20-16(24)10-6-4-3-5-7-10/h3-8H,1-2H3,(H,20,24)(H,21,23). The molecule has 0 fully saturated rings. The minimum atomic E-state index is -0.257. The maximum atomic E-state index is 12.3. The van der Waals surface area contributed by atoms with E-state index in [1.54, 1.807) is 30.3 Å². The van der Waals surface area contributed by atoms with Crippen molar-refractivity contribution in [2.75, 3.05) is 10.7 Å². The van der Waals surface area contributed by atoms with Crippen LogP contribution in [0.5, 0.6) is 0 Å². The van der Waals surface area contributed by atoms with Crippen LogP contribution in [0.3, 0.4) is 0 Å². The molecule has 0 spiro atoms. The van der Waals surface area contributed by atoms with Gasteiger partial charge in [-0.1, -0.05) is 52.7 Å². The van der Waals surface area contributed by atoms with E-state index in [0.717, 1.165) is 5.71 Å². The highest BCUT2D eigenvalue weighted by Crippen LogP contribution is 2.41. The molecule has 2 N–H and O–H groups in total. The fraction of sp³-hybridized carbons (Fsp3) is 0.118. The van der Waals surface area contributed by atoms with Gasteiger partial charge in [-0.15, -0.1) is 0 Å². The van der Waals surface area contributed by atoms with Crippen molar-refractivity contribution >= 4 is 67.2 Å². The lowest BCUT2D eigenvalue weighted by molar-refractivity contribution is 0.102. The van der Waals surface area contributed by atoms with Crippen molar-refractivity contribution in [3.63, 3.8) is 0 Å². The Morgan fingerprint density at radius 2 is 1.92 bits per heavy atom. The molecule has 0 saturated carbocycles. The number of thiazole rings is 1. The summed E-state index contributed by atoms with van der Waals surface area (Å²) in [5.41, 5.74) is 5.28. The molecule has 3 aromatic rings. The Bertz CT molecular complexity index is 966. The predicted octanol–water partition coefficient (Wildman–Crippen LogP) is 5.66. The summed E-state index contributed by atoms with van der Waals surface area (Å²) >= 11 is 14.1. The molecular formula is C17H14Cl2N4OS. The molecule has 1 heterocycles. The topological polar surface area (TPSA) is 66.4 Å². The number of aromatic nitrogens is 1. The first-order valence-corrected chi connectivity index (χ1v) is 8.95. The zero-order valence-corrected chi connectivity index (χ0v) is 15.8. The van der Waals surface area contributed by atoms with Crippen molar-refractivity contribution in [3.8, 4) is 0 Å². The third-order valence-electron chi connectivity index (χ3n) is 3.22. The summed E-state index contributed by atoms with van der Waals surface area (Å²) in [6.45, 7) is 3.75. The molecule has 3 rings (SSSR count). The van der Waals surface area contributed by atoms with E-state index in [4.69, 9.17) is 23.2 Å². The Labute approximate surface area is 158 Å². The van der Waals surface area contributed by atoms with Gasteiger partial charge >= 0.3 is 0 Å². The number of anilines is 2. The molecule has 0 radical (unpaired) electrons. The second-order valence-corrected chi connectivity index (χ2v) is 7.19. The van der Waals surface area contributed by atoms with Gasteiger partial charge in [-0.3, -0.25) is 10.2 Å². The fourth-order valence-electron chi connectivity index (χ4n) is 2.09. The second-order valence-electron chi connectivity index (χ2n) is 5.41. The van der Waals surface area contributed by atoms with E-state index in [1.165, 1.54) is 11.3 Å². The van der Waals surface area contributed by atoms with Crippen LogP contribution in [-0.2, 0) is 0 Å². The molecule has 128 valence electrons. The summed E-state index contributed by atoms with van der Waals surface area (Å²) in [4.78, 5) is 16.7. The maximum absolute atomic E-state index is 12.3. The number of nitrogens with zero attached hydrogens (tertiary/aromatic N) is 2. The van der Waals surface area contributed by atoms with Gasteiger partial charge in [0.15, 0.2) is 0 Å². The molecule has 1 amide bonds. The van der Waals surface area contributed by atoms with Crippen molar-refractivity contribution in [2.45, 2.75) is 13.8 Å². The number of amides is 1. The van der Waals surface area contributed by atoms with Crippen LogP contribution in [-0.4, -0.2) is 16.6 Å². The summed E-state index contributed by atoms with van der Waals surface area (Å²) in [6, 6.07) is 10.5. The molecule has 5 nitrogen and oxygen atoms in total. The molecule has 1 aromatic heterocycles. The third kappa shape index (κ3) is 3.92. The summed E-state index contributed by atoms with van der Waals surface area (Å²) in [5.74, 6) is -0.257. The number of fused-ring (bicyclic) bond motifs is 1. The lowest BCUT2D eigenvalue weighted by atomic mass is 10.2. The van der Waals surface area contributed by atoms with E-state index in [0.29, 0.717) is 36.6 Å². The molecule has 0 aliphatic rings. The smallest absolute Gasteiger partial charge is 0.255 e. The number of hydrogen-bond acceptors (Lipinski definition) is 5. The van der Waals surface area contributed by atoms with Gasteiger partial charge in [-0.2, -0.15) is 5.10 Å². The van der Waals surface area contributed by atoms with E-state index < -0.39 is 0 Å². The highest BCUT2D eigenvalue weighted by atomic mass is 35.5. The Balaban J connectivity index is 1.95. The summed E-state index contributed by atoms with van der Waals surface area (Å²) in [7, 11) is 0. The van der Waals surface area contributed by atoms with Gasteiger partial charge in [0.05, 0.1) is 20.4 Å². The van der Waals surface area contributed by atoms with Crippen molar-refractivity contribution < 1.29 is 4.79 Å². The molecule has 25 heavy (non-hydrogen) atoms. The number of halogens is 2. The Morgan fingerprint density at radius 3 is 2.60 bits per heavy atom. The number of hydrazone groups is 1. The van der Waals surface area contributed by atoms with Crippen LogP contribution in [0.2, 0.25) is 10.0 Å². The Hall–Kier alpha value is -2.15. The van der Waals surface area contributed by atoms with Gasteiger partial charge in [-0.05, 0) is 32.0 Å². The van der Waals surface area contributed by atoms with Crippen molar-refractivity contribution in [2.24, 2.45) is 5.10 Å². The molecule has 0 saturated heterocycles. The monoisotopic (exact) mass is 392 g/mol. The first kappa shape index (κ1) is 17.7. The molecule has 0 aliphatic carbocycles. The van der Waals surface area contributed by atoms with Crippen molar-refractivity contribution in [1.82, 2.24) is 4.98 Å². The van der Waals surface area contributed by atoms with Crippen LogP contribution in [0.4, 0.5) is 10.8 Å². The normalized spacial score (nSPS) is 10.6. The van der Waals surface area contributed by atoms with Gasteiger partial charge in [0.25, 0.3) is 5.91 Å². The van der Waals surface area contributed by atoms with E-state index in [-0.39, 0.29) is 5.91 Å². The Kier molecular flexibility index (Phi) is 5.22. The van der Waals surface area contributed by atoms with Gasteiger partial charge in [0.2, 0.25) is 5.13 Å². The number of hydrogen-bond donors (Lipinski definition) is 2. The van der Waals surface area contributed by atoms with Crippen LogP contribution >= 0.6 is 34.5 Å². The Morgan fingerprint density at radius 1 is 1.20 bits per heavy atom. The number of rotatable bonds is 4. The maximum Gasteiger partial charge on any atom is 0.255 e. The van der Waals surface area contributed by atoms with Crippen LogP contribution in [0.1, 0.15) is 24.2 Å². The minimum absolute atomic E-state index is 0.257. The molecule has 0 atom stereocenters. The molecule has 0 bridgehead atoms. The summed E-state index contributed by atoms with van der Waals surface area (Å²) < 4.78 is 0.684. The summed E-state index contributed by atoms with van der Waals surface area (Å²) in [6.07, 6.45) is 0. The zero-order valence-electron chi connectivity index (χ0n) is 13.4. The van der Waals surface area contributed by atoms with Crippen LogP contribution < -0.4 is 10.7 Å². The molecule has 0 aliphatic heterocycles. The van der Waals surface area contributed by atoms with Crippen molar-refractivity contribution in [1.29, 1.82) is 0 Å². The number of nitrogens with one attached hydrogen (secondary N) is 2. The van der Waals surface area contributed by atoms with Gasteiger partial charge in [0.1, 0.15) is 5.52 Å².